The molecule has 1 fully saturated rings. The van der Waals surface area contributed by atoms with Crippen LogP contribution in [0, 0.1) is 13.8 Å². The quantitative estimate of drug-likeness (QED) is 0.801. The van der Waals surface area contributed by atoms with Crippen LogP contribution in [0.4, 0.5) is 5.13 Å². The second-order valence-corrected chi connectivity index (χ2v) is 5.69. The molecule has 0 radical (unpaired) electrons. The number of aryl methyl sites for hydroxylation is 2. The highest BCUT2D eigenvalue weighted by molar-refractivity contribution is 7.15. The van der Waals surface area contributed by atoms with Gasteiger partial charge in [0, 0.05) is 11.4 Å². The molecule has 0 unspecified atom stereocenters. The van der Waals surface area contributed by atoms with Crippen molar-refractivity contribution < 1.29 is 0 Å². The van der Waals surface area contributed by atoms with E-state index in [-0.39, 0.29) is 0 Å². The third-order valence-corrected chi connectivity index (χ3v) is 4.19. The molecule has 0 aromatic carbocycles. The Balaban J connectivity index is 1.64. The molecule has 2 heterocycles. The molecule has 1 aromatic heterocycles. The summed E-state index contributed by atoms with van der Waals surface area (Å²) < 4.78 is 0. The summed E-state index contributed by atoms with van der Waals surface area (Å²) in [6, 6.07) is 0. The summed E-state index contributed by atoms with van der Waals surface area (Å²) in [5.74, 6) is 0. The Labute approximate surface area is 102 Å². The van der Waals surface area contributed by atoms with Gasteiger partial charge in [-0.25, -0.2) is 4.98 Å². The number of nitrogens with one attached hydrogen (secondary N) is 1. The first-order chi connectivity index (χ1) is 7.75. The molecule has 1 aliphatic rings. The number of nitrogens with zero attached hydrogens (tertiary/aromatic N) is 2. The number of rotatable bonds is 5. The SMILES string of the molecule is Cc1nc(NCCCN2CCCC2)sc1C. The van der Waals surface area contributed by atoms with Crippen molar-refractivity contribution in [3.63, 3.8) is 0 Å². The lowest BCUT2D eigenvalue weighted by Crippen LogP contribution is -2.22. The van der Waals surface area contributed by atoms with Gasteiger partial charge in [-0.05, 0) is 52.7 Å². The molecular formula is C12H21N3S. The average molecular weight is 239 g/mol. The van der Waals surface area contributed by atoms with Gasteiger partial charge in [0.1, 0.15) is 0 Å². The van der Waals surface area contributed by atoms with E-state index in [1.807, 2.05) is 0 Å². The van der Waals surface area contributed by atoms with Crippen molar-refractivity contribution in [2.45, 2.75) is 33.1 Å². The third-order valence-electron chi connectivity index (χ3n) is 3.15. The highest BCUT2D eigenvalue weighted by atomic mass is 32.1. The zero-order valence-electron chi connectivity index (χ0n) is 10.3. The fraction of sp³-hybridized carbons (Fsp3) is 0.750. The molecule has 1 aromatic rings. The van der Waals surface area contributed by atoms with Crippen molar-refractivity contribution in [2.75, 3.05) is 31.5 Å². The molecule has 1 aliphatic heterocycles. The maximum absolute atomic E-state index is 4.47. The first kappa shape index (κ1) is 11.9. The van der Waals surface area contributed by atoms with E-state index < -0.39 is 0 Å². The van der Waals surface area contributed by atoms with Gasteiger partial charge in [0.25, 0.3) is 0 Å². The molecular weight excluding hydrogens is 218 g/mol. The number of aromatic nitrogens is 1. The molecule has 0 amide bonds. The number of hydrogen-bond donors (Lipinski definition) is 1. The average Bonchev–Trinajstić information content (AvgIpc) is 2.85. The smallest absolute Gasteiger partial charge is 0.183 e. The van der Waals surface area contributed by atoms with Crippen LogP contribution >= 0.6 is 11.3 Å². The lowest BCUT2D eigenvalue weighted by atomic mass is 10.4. The van der Waals surface area contributed by atoms with Crippen LogP contribution in [-0.4, -0.2) is 36.1 Å². The molecule has 0 atom stereocenters. The Hall–Kier alpha value is -0.610. The Morgan fingerprint density at radius 1 is 1.31 bits per heavy atom. The Morgan fingerprint density at radius 2 is 2.06 bits per heavy atom. The fourth-order valence-electron chi connectivity index (χ4n) is 2.05. The molecule has 90 valence electrons. The van der Waals surface area contributed by atoms with Crippen molar-refractivity contribution in [3.8, 4) is 0 Å². The van der Waals surface area contributed by atoms with Crippen molar-refractivity contribution >= 4 is 16.5 Å². The van der Waals surface area contributed by atoms with E-state index in [1.165, 1.54) is 43.8 Å². The maximum atomic E-state index is 4.47. The second-order valence-electron chi connectivity index (χ2n) is 4.49. The number of anilines is 1. The van der Waals surface area contributed by atoms with Gasteiger partial charge in [0.15, 0.2) is 5.13 Å². The topological polar surface area (TPSA) is 28.2 Å². The molecule has 0 aliphatic carbocycles. The van der Waals surface area contributed by atoms with Crippen LogP contribution in [0.2, 0.25) is 0 Å². The van der Waals surface area contributed by atoms with Gasteiger partial charge in [-0.1, -0.05) is 0 Å². The maximum Gasteiger partial charge on any atom is 0.183 e. The summed E-state index contributed by atoms with van der Waals surface area (Å²) in [7, 11) is 0. The lowest BCUT2D eigenvalue weighted by molar-refractivity contribution is 0.337. The monoisotopic (exact) mass is 239 g/mol. The number of hydrogen-bond acceptors (Lipinski definition) is 4. The predicted molar refractivity (Wildman–Crippen MR) is 70.4 cm³/mol. The molecule has 16 heavy (non-hydrogen) atoms. The van der Waals surface area contributed by atoms with E-state index >= 15 is 0 Å². The zero-order valence-corrected chi connectivity index (χ0v) is 11.1. The zero-order chi connectivity index (χ0) is 11.4. The first-order valence-electron chi connectivity index (χ1n) is 6.16. The number of thiazole rings is 1. The fourth-order valence-corrected chi connectivity index (χ4v) is 2.89. The Kier molecular flexibility index (Phi) is 4.18. The molecule has 1 saturated heterocycles. The highest BCUT2D eigenvalue weighted by Crippen LogP contribution is 2.20. The standard InChI is InChI=1S/C12H21N3S/c1-10-11(2)16-12(14-10)13-6-5-9-15-7-3-4-8-15/h3-9H2,1-2H3,(H,13,14). The Morgan fingerprint density at radius 3 is 2.69 bits per heavy atom. The van der Waals surface area contributed by atoms with Crippen molar-refractivity contribution in [1.82, 2.24) is 9.88 Å². The van der Waals surface area contributed by atoms with Gasteiger partial charge in [-0.15, -0.1) is 11.3 Å². The van der Waals surface area contributed by atoms with Crippen molar-refractivity contribution in [1.29, 1.82) is 0 Å². The Bertz CT molecular complexity index is 310. The lowest BCUT2D eigenvalue weighted by Gasteiger charge is -2.13. The van der Waals surface area contributed by atoms with Crippen molar-refractivity contribution in [3.05, 3.63) is 10.6 Å². The van der Waals surface area contributed by atoms with Crippen LogP contribution in [0.5, 0.6) is 0 Å². The largest absolute Gasteiger partial charge is 0.361 e. The summed E-state index contributed by atoms with van der Waals surface area (Å²) in [5, 5.41) is 4.49. The second kappa shape index (κ2) is 5.64. The molecule has 0 saturated carbocycles. The summed E-state index contributed by atoms with van der Waals surface area (Å²) in [5.41, 5.74) is 1.16. The van der Waals surface area contributed by atoms with Gasteiger partial charge in [-0.3, -0.25) is 0 Å². The molecule has 3 nitrogen and oxygen atoms in total. The van der Waals surface area contributed by atoms with Crippen LogP contribution in [0.25, 0.3) is 0 Å². The van der Waals surface area contributed by atoms with Gasteiger partial charge >= 0.3 is 0 Å². The summed E-state index contributed by atoms with van der Waals surface area (Å²) >= 11 is 1.76. The van der Waals surface area contributed by atoms with Gasteiger partial charge in [-0.2, -0.15) is 0 Å². The van der Waals surface area contributed by atoms with Crippen LogP contribution in [0.1, 0.15) is 29.8 Å². The minimum atomic E-state index is 1.04. The molecule has 1 N–H and O–H groups in total. The van der Waals surface area contributed by atoms with E-state index in [2.05, 4.69) is 29.0 Å². The minimum Gasteiger partial charge on any atom is -0.361 e. The molecule has 2 rings (SSSR count). The minimum absolute atomic E-state index is 1.04. The molecule has 0 spiro atoms. The summed E-state index contributed by atoms with van der Waals surface area (Å²) in [6.45, 7) is 9.08. The van der Waals surface area contributed by atoms with E-state index in [9.17, 15) is 0 Å². The van der Waals surface area contributed by atoms with Gasteiger partial charge < -0.3 is 10.2 Å². The predicted octanol–water partition coefficient (Wildman–Crippen LogP) is 2.66. The summed E-state index contributed by atoms with van der Waals surface area (Å²) in [6.07, 6.45) is 3.99. The summed E-state index contributed by atoms with van der Waals surface area (Å²) in [4.78, 5) is 8.35. The van der Waals surface area contributed by atoms with Crippen LogP contribution in [0.3, 0.4) is 0 Å². The van der Waals surface area contributed by atoms with Crippen LogP contribution in [-0.2, 0) is 0 Å². The van der Waals surface area contributed by atoms with Crippen LogP contribution < -0.4 is 5.32 Å². The number of likely N-dealkylation sites (tertiary alicyclic amines) is 1. The van der Waals surface area contributed by atoms with E-state index in [4.69, 9.17) is 0 Å². The normalized spacial score (nSPS) is 16.9. The van der Waals surface area contributed by atoms with Crippen LogP contribution in [0.15, 0.2) is 0 Å². The van der Waals surface area contributed by atoms with E-state index in [0.29, 0.717) is 0 Å². The van der Waals surface area contributed by atoms with E-state index in [1.54, 1.807) is 11.3 Å². The molecule has 0 bridgehead atoms. The first-order valence-corrected chi connectivity index (χ1v) is 6.97. The molecule has 4 heteroatoms. The highest BCUT2D eigenvalue weighted by Gasteiger charge is 2.10. The van der Waals surface area contributed by atoms with Gasteiger partial charge in [0.05, 0.1) is 5.69 Å². The van der Waals surface area contributed by atoms with Crippen molar-refractivity contribution in [2.24, 2.45) is 0 Å². The third kappa shape index (κ3) is 3.19. The van der Waals surface area contributed by atoms with Gasteiger partial charge in [0.2, 0.25) is 0 Å². The van der Waals surface area contributed by atoms with E-state index in [0.717, 1.165) is 17.4 Å².